The minimum Gasteiger partial charge on any atom is -0.330 e. The van der Waals surface area contributed by atoms with E-state index in [1.54, 1.807) is 24.3 Å². The highest BCUT2D eigenvalue weighted by atomic mass is 16.2. The van der Waals surface area contributed by atoms with Crippen LogP contribution in [-0.4, -0.2) is 16.1 Å². The number of aromatic nitrogens is 2. The molecule has 2 rings (SSSR count). The maximum absolute atomic E-state index is 12.0. The Morgan fingerprint density at radius 2 is 2.00 bits per heavy atom. The summed E-state index contributed by atoms with van der Waals surface area (Å²) < 4.78 is 1.19. The molecule has 0 spiro atoms. The van der Waals surface area contributed by atoms with Crippen LogP contribution >= 0.6 is 0 Å². The topological polar surface area (TPSA) is 80.9 Å². The number of fused-ring (bicyclic) bond motifs is 1. The van der Waals surface area contributed by atoms with E-state index in [0.29, 0.717) is 30.4 Å². The Bertz CT molecular complexity index is 612. The van der Waals surface area contributed by atoms with Gasteiger partial charge in [-0.05, 0) is 25.1 Å². The molecule has 0 aliphatic heterocycles. The summed E-state index contributed by atoms with van der Waals surface area (Å²) in [5.74, 6) is 0. The Kier molecular flexibility index (Phi) is 2.87. The van der Waals surface area contributed by atoms with Gasteiger partial charge in [-0.3, -0.25) is 9.36 Å². The molecular formula is C11H13N3O2. The van der Waals surface area contributed by atoms with Crippen molar-refractivity contribution in [3.05, 3.63) is 45.1 Å². The number of nitrogens with two attached hydrogens (primary N) is 1. The van der Waals surface area contributed by atoms with Gasteiger partial charge in [0.2, 0.25) is 0 Å². The Labute approximate surface area is 91.5 Å². The SMILES string of the molecule is NCCCn1c(=O)[nH]c2ccccc2c1=O. The van der Waals surface area contributed by atoms with E-state index in [-0.39, 0.29) is 11.2 Å². The molecule has 16 heavy (non-hydrogen) atoms. The highest BCUT2D eigenvalue weighted by molar-refractivity contribution is 5.76. The van der Waals surface area contributed by atoms with Crippen molar-refractivity contribution in [1.29, 1.82) is 0 Å². The Hall–Kier alpha value is -1.88. The molecule has 2 aromatic rings. The molecule has 0 aliphatic carbocycles. The van der Waals surface area contributed by atoms with E-state index in [9.17, 15) is 9.59 Å². The number of para-hydroxylation sites is 1. The van der Waals surface area contributed by atoms with Gasteiger partial charge >= 0.3 is 5.69 Å². The molecule has 0 amide bonds. The summed E-state index contributed by atoms with van der Waals surface area (Å²) in [6, 6.07) is 6.97. The van der Waals surface area contributed by atoms with E-state index in [4.69, 9.17) is 5.73 Å². The zero-order valence-electron chi connectivity index (χ0n) is 8.77. The second-order valence-electron chi connectivity index (χ2n) is 3.57. The van der Waals surface area contributed by atoms with Crippen LogP contribution in [0.4, 0.5) is 0 Å². The Balaban J connectivity index is 2.66. The molecule has 1 aromatic heterocycles. The van der Waals surface area contributed by atoms with Gasteiger partial charge in [-0.1, -0.05) is 12.1 Å². The second-order valence-corrected chi connectivity index (χ2v) is 3.57. The van der Waals surface area contributed by atoms with E-state index < -0.39 is 0 Å². The first kappa shape index (κ1) is 10.6. The first-order chi connectivity index (χ1) is 7.74. The number of nitrogens with zero attached hydrogens (tertiary/aromatic N) is 1. The first-order valence-corrected chi connectivity index (χ1v) is 5.16. The molecule has 0 fully saturated rings. The van der Waals surface area contributed by atoms with Crippen molar-refractivity contribution in [2.45, 2.75) is 13.0 Å². The molecule has 1 aromatic carbocycles. The predicted octanol–water partition coefficient (Wildman–Crippen LogP) is 0.0386. The third-order valence-corrected chi connectivity index (χ3v) is 2.48. The summed E-state index contributed by atoms with van der Waals surface area (Å²) in [4.78, 5) is 26.3. The number of hydrogen-bond donors (Lipinski definition) is 2. The number of H-pyrrole nitrogens is 1. The lowest BCUT2D eigenvalue weighted by atomic mass is 10.2. The van der Waals surface area contributed by atoms with Crippen molar-refractivity contribution in [3.63, 3.8) is 0 Å². The average molecular weight is 219 g/mol. The Morgan fingerprint density at radius 3 is 2.75 bits per heavy atom. The van der Waals surface area contributed by atoms with E-state index in [0.717, 1.165) is 0 Å². The fraction of sp³-hybridized carbons (Fsp3) is 0.273. The lowest BCUT2D eigenvalue weighted by molar-refractivity contribution is 0.603. The molecule has 0 unspecified atom stereocenters. The summed E-state index contributed by atoms with van der Waals surface area (Å²) in [5.41, 5.74) is 5.30. The van der Waals surface area contributed by atoms with Gasteiger partial charge < -0.3 is 10.7 Å². The van der Waals surface area contributed by atoms with Gasteiger partial charge in [0.25, 0.3) is 5.56 Å². The molecule has 0 radical (unpaired) electrons. The summed E-state index contributed by atoms with van der Waals surface area (Å²) >= 11 is 0. The molecule has 1 heterocycles. The maximum atomic E-state index is 12.0. The van der Waals surface area contributed by atoms with Crippen LogP contribution in [0.15, 0.2) is 33.9 Å². The summed E-state index contributed by atoms with van der Waals surface area (Å²) in [5, 5.41) is 0.527. The van der Waals surface area contributed by atoms with Gasteiger partial charge in [0.05, 0.1) is 10.9 Å². The van der Waals surface area contributed by atoms with Gasteiger partial charge in [-0.15, -0.1) is 0 Å². The van der Waals surface area contributed by atoms with Crippen molar-refractivity contribution in [2.24, 2.45) is 5.73 Å². The smallest absolute Gasteiger partial charge is 0.328 e. The summed E-state index contributed by atoms with van der Waals surface area (Å²) in [7, 11) is 0. The third-order valence-electron chi connectivity index (χ3n) is 2.48. The number of hydrogen-bond acceptors (Lipinski definition) is 3. The predicted molar refractivity (Wildman–Crippen MR) is 62.5 cm³/mol. The number of rotatable bonds is 3. The van der Waals surface area contributed by atoms with E-state index in [1.807, 2.05) is 0 Å². The summed E-state index contributed by atoms with van der Waals surface area (Å²) in [6.07, 6.45) is 0.612. The molecule has 5 nitrogen and oxygen atoms in total. The standard InChI is InChI=1S/C11H13N3O2/c12-6-3-7-14-10(15)8-4-1-2-5-9(8)13-11(14)16/h1-2,4-5H,3,6-7,12H2,(H,13,16). The van der Waals surface area contributed by atoms with Crippen LogP contribution in [0.1, 0.15) is 6.42 Å². The van der Waals surface area contributed by atoms with Crippen molar-refractivity contribution in [2.75, 3.05) is 6.54 Å². The average Bonchev–Trinajstić information content (AvgIpc) is 2.29. The molecule has 5 heteroatoms. The number of aromatic amines is 1. The maximum Gasteiger partial charge on any atom is 0.328 e. The number of nitrogens with one attached hydrogen (secondary N) is 1. The van der Waals surface area contributed by atoms with Crippen LogP contribution in [0.5, 0.6) is 0 Å². The highest BCUT2D eigenvalue weighted by Crippen LogP contribution is 2.02. The molecule has 84 valence electrons. The van der Waals surface area contributed by atoms with Gasteiger partial charge in [-0.25, -0.2) is 4.79 Å². The first-order valence-electron chi connectivity index (χ1n) is 5.16. The largest absolute Gasteiger partial charge is 0.330 e. The molecule has 3 N–H and O–H groups in total. The minimum absolute atomic E-state index is 0.257. The zero-order valence-corrected chi connectivity index (χ0v) is 8.77. The van der Waals surface area contributed by atoms with Crippen LogP contribution in [0.3, 0.4) is 0 Å². The van der Waals surface area contributed by atoms with E-state index >= 15 is 0 Å². The monoisotopic (exact) mass is 219 g/mol. The highest BCUT2D eigenvalue weighted by Gasteiger charge is 2.05. The van der Waals surface area contributed by atoms with Crippen LogP contribution < -0.4 is 17.0 Å². The second kappa shape index (κ2) is 4.32. The lowest BCUT2D eigenvalue weighted by Gasteiger charge is -2.04. The molecule has 0 aliphatic rings. The normalized spacial score (nSPS) is 10.8. The fourth-order valence-electron chi connectivity index (χ4n) is 1.65. The van der Waals surface area contributed by atoms with Crippen LogP contribution in [0.2, 0.25) is 0 Å². The van der Waals surface area contributed by atoms with Crippen molar-refractivity contribution in [3.8, 4) is 0 Å². The van der Waals surface area contributed by atoms with Gasteiger partial charge in [-0.2, -0.15) is 0 Å². The lowest BCUT2D eigenvalue weighted by Crippen LogP contribution is -2.35. The quantitative estimate of drug-likeness (QED) is 0.764. The zero-order chi connectivity index (χ0) is 11.5. The minimum atomic E-state index is -0.378. The van der Waals surface area contributed by atoms with Crippen molar-refractivity contribution in [1.82, 2.24) is 9.55 Å². The van der Waals surface area contributed by atoms with Crippen LogP contribution in [0.25, 0.3) is 10.9 Å². The van der Waals surface area contributed by atoms with E-state index in [1.165, 1.54) is 4.57 Å². The van der Waals surface area contributed by atoms with E-state index in [2.05, 4.69) is 4.98 Å². The van der Waals surface area contributed by atoms with Crippen molar-refractivity contribution >= 4 is 10.9 Å². The third kappa shape index (κ3) is 1.77. The van der Waals surface area contributed by atoms with Gasteiger partial charge in [0.15, 0.2) is 0 Å². The van der Waals surface area contributed by atoms with Crippen molar-refractivity contribution < 1.29 is 0 Å². The summed E-state index contributed by atoms with van der Waals surface area (Å²) in [6.45, 7) is 0.814. The molecular weight excluding hydrogens is 206 g/mol. The molecule has 0 saturated carbocycles. The number of benzene rings is 1. The van der Waals surface area contributed by atoms with Crippen LogP contribution in [-0.2, 0) is 6.54 Å². The van der Waals surface area contributed by atoms with Crippen LogP contribution in [0, 0.1) is 0 Å². The Morgan fingerprint density at radius 1 is 1.25 bits per heavy atom. The van der Waals surface area contributed by atoms with Gasteiger partial charge in [0, 0.05) is 6.54 Å². The molecule has 0 atom stereocenters. The molecule has 0 bridgehead atoms. The fourth-order valence-corrected chi connectivity index (χ4v) is 1.65. The molecule has 0 saturated heterocycles. The van der Waals surface area contributed by atoms with Gasteiger partial charge in [0.1, 0.15) is 0 Å².